The number of carbonyl (C=O) groups is 1. The molecule has 3 rings (SSSR count). The molecule has 0 aliphatic heterocycles. The van der Waals surface area contributed by atoms with Crippen LogP contribution >= 0.6 is 0 Å². The molecule has 116 valence electrons. The number of hydrogen-bond donors (Lipinski definition) is 1. The molecule has 3 aromatic rings. The molecule has 0 atom stereocenters. The standard InChI is InChI=1S/C19H19N3O/c1-22-11-5-8-18(22)16-9-10-17(20-14-16)12-19(23)21-13-15-6-3-2-4-7-15/h2-11,14H,12-13H2,1H3,(H,21,23). The van der Waals surface area contributed by atoms with Crippen molar-refractivity contribution in [1.82, 2.24) is 14.9 Å². The molecule has 1 amide bonds. The third kappa shape index (κ3) is 3.86. The lowest BCUT2D eigenvalue weighted by molar-refractivity contribution is -0.120. The Bertz CT molecular complexity index is 776. The minimum atomic E-state index is -0.0204. The number of aromatic nitrogens is 2. The van der Waals surface area contributed by atoms with Crippen molar-refractivity contribution < 1.29 is 4.79 Å². The Balaban J connectivity index is 1.58. The normalized spacial score (nSPS) is 10.5. The van der Waals surface area contributed by atoms with E-state index in [0.717, 1.165) is 22.5 Å². The minimum absolute atomic E-state index is 0.0204. The summed E-state index contributed by atoms with van der Waals surface area (Å²) in [5.41, 5.74) is 4.02. The van der Waals surface area contributed by atoms with Crippen molar-refractivity contribution in [3.8, 4) is 11.3 Å². The first-order valence-electron chi connectivity index (χ1n) is 7.59. The molecule has 0 spiro atoms. The highest BCUT2D eigenvalue weighted by atomic mass is 16.1. The van der Waals surface area contributed by atoms with E-state index >= 15 is 0 Å². The van der Waals surface area contributed by atoms with E-state index in [1.807, 2.05) is 78.6 Å². The Morgan fingerprint density at radius 3 is 2.57 bits per heavy atom. The van der Waals surface area contributed by atoms with Gasteiger partial charge in [-0.2, -0.15) is 0 Å². The Hall–Kier alpha value is -2.88. The third-order valence-corrected chi connectivity index (χ3v) is 3.74. The summed E-state index contributed by atoms with van der Waals surface area (Å²) in [7, 11) is 2.00. The van der Waals surface area contributed by atoms with Crippen LogP contribution in [0.25, 0.3) is 11.3 Å². The number of amides is 1. The first kappa shape index (κ1) is 15.0. The van der Waals surface area contributed by atoms with Crippen molar-refractivity contribution in [2.45, 2.75) is 13.0 Å². The highest BCUT2D eigenvalue weighted by molar-refractivity contribution is 5.78. The van der Waals surface area contributed by atoms with Crippen molar-refractivity contribution in [2.24, 2.45) is 7.05 Å². The zero-order valence-corrected chi connectivity index (χ0v) is 13.1. The average molecular weight is 305 g/mol. The molecule has 0 aliphatic carbocycles. The Labute approximate surface area is 135 Å². The maximum atomic E-state index is 12.0. The fourth-order valence-electron chi connectivity index (χ4n) is 2.47. The predicted molar refractivity (Wildman–Crippen MR) is 90.6 cm³/mol. The molecule has 0 fully saturated rings. The molecule has 2 heterocycles. The van der Waals surface area contributed by atoms with Crippen molar-refractivity contribution in [2.75, 3.05) is 0 Å². The van der Waals surface area contributed by atoms with Crippen molar-refractivity contribution >= 4 is 5.91 Å². The van der Waals surface area contributed by atoms with E-state index in [2.05, 4.69) is 10.3 Å². The van der Waals surface area contributed by atoms with Crippen LogP contribution in [0.15, 0.2) is 67.0 Å². The van der Waals surface area contributed by atoms with Gasteiger partial charge in [0.1, 0.15) is 0 Å². The third-order valence-electron chi connectivity index (χ3n) is 3.74. The Kier molecular flexibility index (Phi) is 4.52. The molecule has 0 aliphatic rings. The molecule has 2 aromatic heterocycles. The summed E-state index contributed by atoms with van der Waals surface area (Å²) in [4.78, 5) is 16.4. The van der Waals surface area contributed by atoms with Crippen LogP contribution in [0.1, 0.15) is 11.3 Å². The first-order chi connectivity index (χ1) is 11.2. The van der Waals surface area contributed by atoms with Crippen LogP contribution in [0, 0.1) is 0 Å². The van der Waals surface area contributed by atoms with Crippen LogP contribution in [-0.4, -0.2) is 15.5 Å². The largest absolute Gasteiger partial charge is 0.352 e. The number of nitrogens with zero attached hydrogens (tertiary/aromatic N) is 2. The molecule has 4 heteroatoms. The number of hydrogen-bond acceptors (Lipinski definition) is 2. The van der Waals surface area contributed by atoms with Crippen molar-refractivity contribution in [3.05, 3.63) is 78.2 Å². The van der Waals surface area contributed by atoms with Gasteiger partial charge in [0, 0.05) is 42.9 Å². The van der Waals surface area contributed by atoms with E-state index < -0.39 is 0 Å². The summed E-state index contributed by atoms with van der Waals surface area (Å²) in [6.07, 6.45) is 4.11. The Morgan fingerprint density at radius 2 is 1.91 bits per heavy atom. The van der Waals surface area contributed by atoms with Crippen LogP contribution < -0.4 is 5.32 Å². The highest BCUT2D eigenvalue weighted by Gasteiger charge is 2.06. The molecule has 0 saturated carbocycles. The summed E-state index contributed by atoms with van der Waals surface area (Å²) < 4.78 is 2.04. The van der Waals surface area contributed by atoms with Gasteiger partial charge >= 0.3 is 0 Å². The van der Waals surface area contributed by atoms with Gasteiger partial charge in [0.2, 0.25) is 5.91 Å². The molecular formula is C19H19N3O. The summed E-state index contributed by atoms with van der Waals surface area (Å²) >= 11 is 0. The van der Waals surface area contributed by atoms with Gasteiger partial charge < -0.3 is 9.88 Å². The molecule has 4 nitrogen and oxygen atoms in total. The fourth-order valence-corrected chi connectivity index (χ4v) is 2.47. The molecule has 0 unspecified atom stereocenters. The molecule has 23 heavy (non-hydrogen) atoms. The lowest BCUT2D eigenvalue weighted by atomic mass is 10.1. The van der Waals surface area contributed by atoms with Gasteiger partial charge in [0.15, 0.2) is 0 Å². The van der Waals surface area contributed by atoms with Gasteiger partial charge in [-0.25, -0.2) is 0 Å². The van der Waals surface area contributed by atoms with Crippen molar-refractivity contribution in [1.29, 1.82) is 0 Å². The SMILES string of the molecule is Cn1cccc1-c1ccc(CC(=O)NCc2ccccc2)nc1. The van der Waals surface area contributed by atoms with E-state index in [0.29, 0.717) is 13.0 Å². The Morgan fingerprint density at radius 1 is 1.09 bits per heavy atom. The number of nitrogens with one attached hydrogen (secondary N) is 1. The van der Waals surface area contributed by atoms with E-state index in [-0.39, 0.29) is 5.91 Å². The summed E-state index contributed by atoms with van der Waals surface area (Å²) in [6.45, 7) is 0.543. The monoisotopic (exact) mass is 305 g/mol. The van der Waals surface area contributed by atoms with Crippen LogP contribution in [0.5, 0.6) is 0 Å². The van der Waals surface area contributed by atoms with Gasteiger partial charge in [-0.15, -0.1) is 0 Å². The summed E-state index contributed by atoms with van der Waals surface area (Å²) in [5.74, 6) is -0.0204. The zero-order valence-electron chi connectivity index (χ0n) is 13.1. The molecule has 1 N–H and O–H groups in total. The first-order valence-corrected chi connectivity index (χ1v) is 7.59. The molecule has 0 bridgehead atoms. The zero-order chi connectivity index (χ0) is 16.1. The van der Waals surface area contributed by atoms with Gasteiger partial charge in [0.05, 0.1) is 6.42 Å². The van der Waals surface area contributed by atoms with Crippen LogP contribution in [0.2, 0.25) is 0 Å². The summed E-state index contributed by atoms with van der Waals surface area (Å²) in [5, 5.41) is 2.92. The number of carbonyl (C=O) groups excluding carboxylic acids is 1. The molecule has 0 radical (unpaired) electrons. The second-order valence-electron chi connectivity index (χ2n) is 5.48. The van der Waals surface area contributed by atoms with Crippen molar-refractivity contribution in [3.63, 3.8) is 0 Å². The van der Waals surface area contributed by atoms with Gasteiger partial charge in [-0.05, 0) is 29.8 Å². The maximum absolute atomic E-state index is 12.0. The number of benzene rings is 1. The molecular weight excluding hydrogens is 286 g/mol. The molecule has 1 aromatic carbocycles. The van der Waals surface area contributed by atoms with Crippen LogP contribution in [0.4, 0.5) is 0 Å². The fraction of sp³-hybridized carbons (Fsp3) is 0.158. The number of rotatable bonds is 5. The smallest absolute Gasteiger partial charge is 0.226 e. The maximum Gasteiger partial charge on any atom is 0.226 e. The second-order valence-corrected chi connectivity index (χ2v) is 5.48. The lowest BCUT2D eigenvalue weighted by Crippen LogP contribution is -2.24. The van der Waals surface area contributed by atoms with E-state index in [4.69, 9.17) is 0 Å². The number of pyridine rings is 1. The quantitative estimate of drug-likeness (QED) is 0.788. The topological polar surface area (TPSA) is 46.9 Å². The van der Waals surface area contributed by atoms with Gasteiger partial charge in [-0.3, -0.25) is 9.78 Å². The van der Waals surface area contributed by atoms with Gasteiger partial charge in [0.25, 0.3) is 0 Å². The van der Waals surface area contributed by atoms with E-state index in [9.17, 15) is 4.79 Å². The van der Waals surface area contributed by atoms with E-state index in [1.54, 1.807) is 0 Å². The van der Waals surface area contributed by atoms with Crippen LogP contribution in [0.3, 0.4) is 0 Å². The molecule has 0 saturated heterocycles. The second kappa shape index (κ2) is 6.92. The lowest BCUT2D eigenvalue weighted by Gasteiger charge is -2.06. The predicted octanol–water partition coefficient (Wildman–Crippen LogP) is 2.95. The highest BCUT2D eigenvalue weighted by Crippen LogP contribution is 2.18. The van der Waals surface area contributed by atoms with Crippen LogP contribution in [-0.2, 0) is 24.8 Å². The van der Waals surface area contributed by atoms with Gasteiger partial charge in [-0.1, -0.05) is 30.3 Å². The summed E-state index contributed by atoms with van der Waals surface area (Å²) in [6, 6.07) is 17.8. The van der Waals surface area contributed by atoms with E-state index in [1.165, 1.54) is 0 Å². The average Bonchev–Trinajstić information content (AvgIpc) is 3.01. The minimum Gasteiger partial charge on any atom is -0.352 e. The number of aryl methyl sites for hydroxylation is 1.